The average Bonchev–Trinajstić information content (AvgIpc) is 3.36. The van der Waals surface area contributed by atoms with Gasteiger partial charge in [-0.15, -0.1) is 0 Å². The Morgan fingerprint density at radius 2 is 2.12 bits per heavy atom. The molecule has 3 aromatic rings. The van der Waals surface area contributed by atoms with Gasteiger partial charge in [-0.25, -0.2) is 13.8 Å². The topological polar surface area (TPSA) is 92.2 Å². The highest BCUT2D eigenvalue weighted by Gasteiger charge is 2.50. The Bertz CT molecular complexity index is 1180. The lowest BCUT2D eigenvalue weighted by Crippen LogP contribution is -2.53. The number of hydrogen-bond donors (Lipinski definition) is 1. The molecular formula is C21H23F2N7O2. The summed E-state index contributed by atoms with van der Waals surface area (Å²) in [6.07, 6.45) is 1.63. The van der Waals surface area contributed by atoms with E-state index in [2.05, 4.69) is 22.0 Å². The fourth-order valence-corrected chi connectivity index (χ4v) is 4.96. The molecule has 0 aromatic carbocycles. The van der Waals surface area contributed by atoms with Gasteiger partial charge in [-0.05, 0) is 6.92 Å². The molecule has 2 aliphatic heterocycles. The summed E-state index contributed by atoms with van der Waals surface area (Å²) in [5.41, 5.74) is 1.94. The fourth-order valence-electron chi connectivity index (χ4n) is 4.96. The molecule has 1 saturated carbocycles. The summed E-state index contributed by atoms with van der Waals surface area (Å²) in [6, 6.07) is 3.22. The molecule has 1 amide bonds. The first-order chi connectivity index (χ1) is 15.4. The smallest absolute Gasteiger partial charge is 0.252 e. The first-order valence-corrected chi connectivity index (χ1v) is 10.9. The number of ether oxygens (including phenoxy) is 1. The molecule has 3 aromatic heterocycles. The van der Waals surface area contributed by atoms with Gasteiger partial charge < -0.3 is 14.5 Å². The van der Waals surface area contributed by atoms with E-state index < -0.39 is 12.0 Å². The molecule has 1 aliphatic carbocycles. The lowest BCUT2D eigenvalue weighted by atomic mass is 9.86. The van der Waals surface area contributed by atoms with Crippen LogP contribution < -0.4 is 9.80 Å². The molecule has 1 atom stereocenters. The molecule has 32 heavy (non-hydrogen) atoms. The van der Waals surface area contributed by atoms with E-state index >= 15 is 0 Å². The first kappa shape index (κ1) is 19.6. The molecule has 5 heterocycles. The summed E-state index contributed by atoms with van der Waals surface area (Å²) in [5.74, 6) is -1.54. The van der Waals surface area contributed by atoms with Crippen LogP contribution in [0.15, 0.2) is 18.3 Å². The van der Waals surface area contributed by atoms with Crippen LogP contribution in [0.5, 0.6) is 0 Å². The van der Waals surface area contributed by atoms with Crippen molar-refractivity contribution in [2.45, 2.75) is 50.6 Å². The highest BCUT2D eigenvalue weighted by atomic mass is 19.3. The van der Waals surface area contributed by atoms with Gasteiger partial charge in [0.15, 0.2) is 11.5 Å². The second-order valence-electron chi connectivity index (χ2n) is 8.80. The summed E-state index contributed by atoms with van der Waals surface area (Å²) >= 11 is 0. The van der Waals surface area contributed by atoms with Crippen LogP contribution in [0.3, 0.4) is 0 Å². The van der Waals surface area contributed by atoms with E-state index in [0.717, 1.165) is 11.1 Å². The maximum Gasteiger partial charge on any atom is 0.252 e. The largest absolute Gasteiger partial charge is 0.377 e. The second kappa shape index (κ2) is 6.96. The van der Waals surface area contributed by atoms with Gasteiger partial charge in [0.25, 0.3) is 5.92 Å². The lowest BCUT2D eigenvalue weighted by molar-refractivity contribution is -0.123. The number of pyridine rings is 1. The minimum atomic E-state index is -2.73. The van der Waals surface area contributed by atoms with Gasteiger partial charge >= 0.3 is 0 Å². The molecule has 3 aliphatic rings. The van der Waals surface area contributed by atoms with Crippen LogP contribution in [-0.2, 0) is 16.0 Å². The van der Waals surface area contributed by atoms with E-state index in [0.29, 0.717) is 49.1 Å². The molecule has 1 saturated heterocycles. The number of halogens is 2. The quantitative estimate of drug-likeness (QED) is 0.669. The fraction of sp³-hybridized carbons (Fsp3) is 0.524. The van der Waals surface area contributed by atoms with Crippen LogP contribution in [0.1, 0.15) is 31.9 Å². The summed E-state index contributed by atoms with van der Waals surface area (Å²) in [5, 5.41) is 12.4. The van der Waals surface area contributed by atoms with E-state index in [-0.39, 0.29) is 31.2 Å². The minimum absolute atomic E-state index is 0.0897. The predicted octanol–water partition coefficient (Wildman–Crippen LogP) is 2.45. The Morgan fingerprint density at radius 3 is 2.84 bits per heavy atom. The normalized spacial score (nSPS) is 23.5. The monoisotopic (exact) mass is 443 g/mol. The predicted molar refractivity (Wildman–Crippen MR) is 112 cm³/mol. The second-order valence-corrected chi connectivity index (χ2v) is 8.80. The highest BCUT2D eigenvalue weighted by molar-refractivity contribution is 6.06. The summed E-state index contributed by atoms with van der Waals surface area (Å²) in [7, 11) is 0. The van der Waals surface area contributed by atoms with E-state index in [4.69, 9.17) is 14.8 Å². The van der Waals surface area contributed by atoms with Crippen molar-refractivity contribution in [3.8, 4) is 5.82 Å². The number of morpholine rings is 1. The van der Waals surface area contributed by atoms with Gasteiger partial charge in [-0.2, -0.15) is 14.9 Å². The third kappa shape index (κ3) is 2.98. The molecule has 0 spiro atoms. The van der Waals surface area contributed by atoms with Crippen molar-refractivity contribution in [3.05, 3.63) is 24.0 Å². The maximum absolute atomic E-state index is 13.8. The first-order valence-electron chi connectivity index (χ1n) is 10.9. The third-order valence-electron chi connectivity index (χ3n) is 6.59. The van der Waals surface area contributed by atoms with Crippen molar-refractivity contribution in [3.63, 3.8) is 0 Å². The number of nitrogens with one attached hydrogen (secondary N) is 1. The van der Waals surface area contributed by atoms with Crippen LogP contribution >= 0.6 is 0 Å². The molecule has 11 heteroatoms. The van der Waals surface area contributed by atoms with Gasteiger partial charge in [-0.1, -0.05) is 0 Å². The Balaban J connectivity index is 1.57. The van der Waals surface area contributed by atoms with E-state index in [1.165, 1.54) is 0 Å². The zero-order valence-corrected chi connectivity index (χ0v) is 17.6. The number of alkyl halides is 2. The number of aryl methyl sites for hydroxylation is 1. The standard InChI is InChI=1S/C21H23F2N7O2/c1-12-11-32-7-6-28(12)17-8-15-19-14(27-30(20(19)25-17)16-4-5-24-26-16)2-3-18(31)29(15)13-9-21(22,23)10-13/h4-5,8,12-13H,2-3,6-7,9-11H2,1H3,(H,24,26)/t12-/m1/s1. The third-order valence-corrected chi connectivity index (χ3v) is 6.59. The molecule has 0 radical (unpaired) electrons. The molecule has 0 bridgehead atoms. The molecule has 168 valence electrons. The molecule has 2 fully saturated rings. The zero-order valence-electron chi connectivity index (χ0n) is 17.6. The van der Waals surface area contributed by atoms with E-state index in [1.807, 2.05) is 6.07 Å². The molecule has 9 nitrogen and oxygen atoms in total. The molecule has 1 N–H and O–H groups in total. The van der Waals surface area contributed by atoms with Crippen molar-refractivity contribution in [2.24, 2.45) is 0 Å². The van der Waals surface area contributed by atoms with E-state index in [1.54, 1.807) is 21.8 Å². The SMILES string of the molecule is C[C@@H]1COCCN1c1cc2c3c(nn(-c4ccn[nH]4)c3n1)CCC(=O)N2C1CC(F)(F)C1. The van der Waals surface area contributed by atoms with Gasteiger partial charge in [-0.3, -0.25) is 9.89 Å². The Labute approximate surface area is 182 Å². The van der Waals surface area contributed by atoms with Crippen molar-refractivity contribution in [2.75, 3.05) is 29.6 Å². The number of aromatic nitrogens is 5. The van der Waals surface area contributed by atoms with Crippen LogP contribution in [0.25, 0.3) is 16.9 Å². The molecule has 0 unspecified atom stereocenters. The number of amides is 1. The summed E-state index contributed by atoms with van der Waals surface area (Å²) in [6.45, 7) is 3.84. The number of aromatic amines is 1. The van der Waals surface area contributed by atoms with Crippen molar-refractivity contribution < 1.29 is 18.3 Å². The highest BCUT2D eigenvalue weighted by Crippen LogP contribution is 2.46. The number of anilines is 2. The zero-order chi connectivity index (χ0) is 22.0. The lowest BCUT2D eigenvalue weighted by Gasteiger charge is -2.42. The Morgan fingerprint density at radius 1 is 1.28 bits per heavy atom. The van der Waals surface area contributed by atoms with Crippen molar-refractivity contribution >= 4 is 28.4 Å². The number of carbonyl (C=O) groups is 1. The van der Waals surface area contributed by atoms with Crippen LogP contribution in [0.2, 0.25) is 0 Å². The number of hydrogen-bond acceptors (Lipinski definition) is 6. The summed E-state index contributed by atoms with van der Waals surface area (Å²) in [4.78, 5) is 21.8. The van der Waals surface area contributed by atoms with Crippen molar-refractivity contribution in [1.29, 1.82) is 0 Å². The average molecular weight is 443 g/mol. The van der Waals surface area contributed by atoms with Crippen LogP contribution in [0.4, 0.5) is 20.3 Å². The number of H-pyrrole nitrogens is 1. The van der Waals surface area contributed by atoms with Crippen molar-refractivity contribution in [1.82, 2.24) is 25.0 Å². The van der Waals surface area contributed by atoms with Gasteiger partial charge in [0.2, 0.25) is 5.91 Å². The van der Waals surface area contributed by atoms with Crippen LogP contribution in [-0.4, -0.2) is 68.6 Å². The van der Waals surface area contributed by atoms with Gasteiger partial charge in [0.1, 0.15) is 5.82 Å². The van der Waals surface area contributed by atoms with Crippen LogP contribution in [0, 0.1) is 0 Å². The number of nitrogens with zero attached hydrogens (tertiary/aromatic N) is 6. The Kier molecular flexibility index (Phi) is 4.26. The summed E-state index contributed by atoms with van der Waals surface area (Å²) < 4.78 is 34.8. The molecule has 6 rings (SSSR count). The minimum Gasteiger partial charge on any atom is -0.377 e. The Hall–Kier alpha value is -3.08. The number of carbonyl (C=O) groups excluding carboxylic acids is 1. The number of rotatable bonds is 3. The molecular weight excluding hydrogens is 420 g/mol. The van der Waals surface area contributed by atoms with Gasteiger partial charge in [0, 0.05) is 50.4 Å². The van der Waals surface area contributed by atoms with E-state index in [9.17, 15) is 13.6 Å². The maximum atomic E-state index is 13.8. The van der Waals surface area contributed by atoms with Gasteiger partial charge in [0.05, 0.1) is 42.2 Å².